The van der Waals surface area contributed by atoms with Crippen LogP contribution >= 0.6 is 0 Å². The molecule has 0 heterocycles. The van der Waals surface area contributed by atoms with Crippen molar-refractivity contribution in [1.29, 1.82) is 0 Å². The molecule has 0 amide bonds. The molecule has 0 saturated heterocycles. The monoisotopic (exact) mass is 327 g/mol. The molecule has 0 unspecified atom stereocenters. The second-order valence-electron chi connectivity index (χ2n) is 4.26. The number of hydrogen-bond acceptors (Lipinski definition) is 1. The van der Waals surface area contributed by atoms with Crippen LogP contribution in [0.25, 0.3) is 0 Å². The molecule has 0 aromatic rings. The van der Waals surface area contributed by atoms with Crippen molar-refractivity contribution < 1.29 is 8.78 Å². The van der Waals surface area contributed by atoms with E-state index in [-0.39, 0.29) is 0 Å². The predicted molar refractivity (Wildman–Crippen MR) is 104 cm³/mol. The number of rotatable bonds is 5. The lowest BCUT2D eigenvalue weighted by atomic mass is 10.2. The van der Waals surface area contributed by atoms with Gasteiger partial charge in [-0.25, -0.2) is 8.78 Å². The van der Waals surface area contributed by atoms with Crippen LogP contribution in [0.3, 0.4) is 0 Å². The SMILES string of the molecule is C=C(C)/C=C(/F)C(=C)F.C=C/C(=C\C(=C)C)N(C)C.CC.CC. The van der Waals surface area contributed by atoms with Gasteiger partial charge in [-0.3, -0.25) is 0 Å². The normalized spacial score (nSPS) is 9.65. The summed E-state index contributed by atoms with van der Waals surface area (Å²) in [4.78, 5) is 2.00. The van der Waals surface area contributed by atoms with E-state index in [0.717, 1.165) is 17.3 Å². The van der Waals surface area contributed by atoms with Crippen LogP contribution in [0.15, 0.2) is 73.0 Å². The quantitative estimate of drug-likeness (QED) is 0.485. The van der Waals surface area contributed by atoms with Crippen LogP contribution in [0.1, 0.15) is 41.5 Å². The standard InChI is InChI=1S/C9H15N.C7H8F2.2C2H6/c1-6-9(10(4)5)7-8(2)3;1-5(2)4-7(9)6(3)8;2*1-2/h6-7H,1-2H2,3-5H3;4H,1,3H2,2H3;2*1-2H3/b9-7+;7-4+;;. The van der Waals surface area contributed by atoms with Crippen LogP contribution in [-0.4, -0.2) is 19.0 Å². The largest absolute Gasteiger partial charge is 0.378 e. The van der Waals surface area contributed by atoms with E-state index in [4.69, 9.17) is 0 Å². The molecule has 1 nitrogen and oxygen atoms in total. The van der Waals surface area contributed by atoms with Crippen molar-refractivity contribution in [3.63, 3.8) is 0 Å². The van der Waals surface area contributed by atoms with Crippen LogP contribution in [-0.2, 0) is 0 Å². The Bertz CT molecular complexity index is 413. The molecule has 0 aromatic heterocycles. The van der Waals surface area contributed by atoms with Crippen LogP contribution in [0, 0.1) is 0 Å². The molecule has 134 valence electrons. The zero-order valence-corrected chi connectivity index (χ0v) is 16.3. The van der Waals surface area contributed by atoms with Gasteiger partial charge in [-0.05, 0) is 32.1 Å². The molecule has 23 heavy (non-hydrogen) atoms. The van der Waals surface area contributed by atoms with Crippen LogP contribution < -0.4 is 0 Å². The van der Waals surface area contributed by atoms with Gasteiger partial charge in [-0.2, -0.15) is 0 Å². The number of halogens is 2. The lowest BCUT2D eigenvalue weighted by Gasteiger charge is -2.12. The molecule has 0 aliphatic rings. The van der Waals surface area contributed by atoms with Crippen molar-refractivity contribution >= 4 is 0 Å². The second-order valence-corrected chi connectivity index (χ2v) is 4.26. The molecule has 0 spiro atoms. The van der Waals surface area contributed by atoms with Crippen molar-refractivity contribution in [2.24, 2.45) is 0 Å². The fourth-order valence-corrected chi connectivity index (χ4v) is 0.918. The number of allylic oxidation sites excluding steroid dienone is 7. The zero-order valence-electron chi connectivity index (χ0n) is 16.3. The summed E-state index contributed by atoms with van der Waals surface area (Å²) in [5.74, 6) is -2.01. The van der Waals surface area contributed by atoms with E-state index in [9.17, 15) is 8.78 Å². The van der Waals surface area contributed by atoms with E-state index < -0.39 is 11.7 Å². The van der Waals surface area contributed by atoms with Crippen LogP contribution in [0.5, 0.6) is 0 Å². The van der Waals surface area contributed by atoms with E-state index in [1.165, 1.54) is 0 Å². The van der Waals surface area contributed by atoms with E-state index in [0.29, 0.717) is 5.57 Å². The van der Waals surface area contributed by atoms with Crippen molar-refractivity contribution in [2.45, 2.75) is 41.5 Å². The van der Waals surface area contributed by atoms with Crippen molar-refractivity contribution in [3.05, 3.63) is 73.0 Å². The maximum absolute atomic E-state index is 12.1. The van der Waals surface area contributed by atoms with Gasteiger partial charge in [-0.15, -0.1) is 0 Å². The van der Waals surface area contributed by atoms with Gasteiger partial charge < -0.3 is 4.90 Å². The third-order valence-electron chi connectivity index (χ3n) is 1.75. The van der Waals surface area contributed by atoms with Gasteiger partial charge in [0.15, 0.2) is 11.7 Å². The molecule has 0 rings (SSSR count). The average Bonchev–Trinajstić information content (AvgIpc) is 2.48. The fraction of sp³-hybridized carbons (Fsp3) is 0.400. The predicted octanol–water partition coefficient (Wildman–Crippen LogP) is 7.15. The molecule has 0 bridgehead atoms. The third kappa shape index (κ3) is 25.4. The lowest BCUT2D eigenvalue weighted by Crippen LogP contribution is -2.08. The average molecular weight is 328 g/mol. The van der Waals surface area contributed by atoms with Gasteiger partial charge >= 0.3 is 0 Å². The molecule has 0 N–H and O–H groups in total. The van der Waals surface area contributed by atoms with Gasteiger partial charge in [0.25, 0.3) is 0 Å². The highest BCUT2D eigenvalue weighted by atomic mass is 19.2. The first-order chi connectivity index (χ1) is 10.6. The summed E-state index contributed by atoms with van der Waals surface area (Å²) in [5, 5.41) is 0. The third-order valence-corrected chi connectivity index (χ3v) is 1.75. The Kier molecular flexibility index (Phi) is 25.5. The summed E-state index contributed by atoms with van der Waals surface area (Å²) in [6.45, 7) is 25.1. The first-order valence-electron chi connectivity index (χ1n) is 7.66. The van der Waals surface area contributed by atoms with Gasteiger partial charge in [0, 0.05) is 19.8 Å². The number of hydrogen-bond donors (Lipinski definition) is 0. The molecule has 0 atom stereocenters. The molecular formula is C20H35F2N. The van der Waals surface area contributed by atoms with Crippen molar-refractivity contribution in [2.75, 3.05) is 14.1 Å². The highest BCUT2D eigenvalue weighted by Crippen LogP contribution is 2.11. The summed E-state index contributed by atoms with van der Waals surface area (Å²) in [7, 11) is 3.97. The first kappa shape index (κ1) is 29.2. The Morgan fingerprint density at radius 3 is 1.26 bits per heavy atom. The summed E-state index contributed by atoms with van der Waals surface area (Å²) in [6, 6.07) is 0. The van der Waals surface area contributed by atoms with E-state index >= 15 is 0 Å². The molecule has 3 heteroatoms. The molecule has 0 saturated carbocycles. The van der Waals surface area contributed by atoms with Gasteiger partial charge in [0.05, 0.1) is 0 Å². The molecule has 0 aromatic carbocycles. The minimum absolute atomic E-state index is 0.464. The highest BCUT2D eigenvalue weighted by Gasteiger charge is 1.96. The zero-order chi connectivity index (χ0) is 19.6. The summed E-state index contributed by atoms with van der Waals surface area (Å²) >= 11 is 0. The lowest BCUT2D eigenvalue weighted by molar-refractivity contribution is 0.530. The molecular weight excluding hydrogens is 292 g/mol. The van der Waals surface area contributed by atoms with E-state index in [1.807, 2.05) is 65.8 Å². The Labute approximate surface area is 143 Å². The van der Waals surface area contributed by atoms with Gasteiger partial charge in [0.2, 0.25) is 0 Å². The number of nitrogens with zero attached hydrogens (tertiary/aromatic N) is 1. The van der Waals surface area contributed by atoms with Gasteiger partial charge in [-0.1, -0.05) is 65.2 Å². The van der Waals surface area contributed by atoms with Gasteiger partial charge in [0.1, 0.15) is 0 Å². The smallest absolute Gasteiger partial charge is 0.158 e. The molecule has 0 aliphatic heterocycles. The Balaban J connectivity index is -0.000000129. The van der Waals surface area contributed by atoms with Crippen molar-refractivity contribution in [3.8, 4) is 0 Å². The summed E-state index contributed by atoms with van der Waals surface area (Å²) < 4.78 is 23.9. The maximum atomic E-state index is 12.1. The highest BCUT2D eigenvalue weighted by molar-refractivity contribution is 5.25. The maximum Gasteiger partial charge on any atom is 0.158 e. The summed E-state index contributed by atoms with van der Waals surface area (Å²) in [5.41, 5.74) is 2.60. The van der Waals surface area contributed by atoms with Crippen LogP contribution in [0.2, 0.25) is 0 Å². The minimum atomic E-state index is -1.06. The molecule has 0 radical (unpaired) electrons. The van der Waals surface area contributed by atoms with Crippen molar-refractivity contribution in [1.82, 2.24) is 4.90 Å². The number of likely N-dealkylation sites (N-methyl/N-ethyl adjacent to an activating group) is 1. The second kappa shape index (κ2) is 20.1. The first-order valence-corrected chi connectivity index (χ1v) is 7.66. The fourth-order valence-electron chi connectivity index (χ4n) is 0.918. The minimum Gasteiger partial charge on any atom is -0.378 e. The Hall–Kier alpha value is -1.90. The Morgan fingerprint density at radius 2 is 1.17 bits per heavy atom. The van der Waals surface area contributed by atoms with Crippen LogP contribution in [0.4, 0.5) is 8.78 Å². The molecule has 0 fully saturated rings. The van der Waals surface area contributed by atoms with E-state index in [2.05, 4.69) is 26.3 Å². The molecule has 0 aliphatic carbocycles. The Morgan fingerprint density at radius 1 is 0.826 bits per heavy atom. The van der Waals surface area contributed by atoms with E-state index in [1.54, 1.807) is 6.92 Å². The summed E-state index contributed by atoms with van der Waals surface area (Å²) in [6.07, 6.45) is 4.80. The topological polar surface area (TPSA) is 3.24 Å².